The van der Waals surface area contributed by atoms with Gasteiger partial charge in [0.1, 0.15) is 23.1 Å². The van der Waals surface area contributed by atoms with Crippen LogP contribution in [0.4, 0.5) is 17.6 Å². The number of anilines is 3. The van der Waals surface area contributed by atoms with Gasteiger partial charge in [-0.15, -0.1) is 0 Å². The lowest BCUT2D eigenvalue weighted by Gasteiger charge is -2.36. The number of rotatable bonds is 7. The van der Waals surface area contributed by atoms with Crippen LogP contribution in [0.25, 0.3) is 21.8 Å². The fourth-order valence-electron chi connectivity index (χ4n) is 5.89. The van der Waals surface area contributed by atoms with Crippen LogP contribution in [0.5, 0.6) is 5.75 Å². The molecule has 40 heavy (non-hydrogen) atoms. The first kappa shape index (κ1) is 26.5. The Hall–Kier alpha value is -3.76. The van der Waals surface area contributed by atoms with E-state index in [0.717, 1.165) is 78.8 Å². The summed E-state index contributed by atoms with van der Waals surface area (Å²) >= 11 is 0. The van der Waals surface area contributed by atoms with Gasteiger partial charge in [0, 0.05) is 51.2 Å². The van der Waals surface area contributed by atoms with Gasteiger partial charge in [0.15, 0.2) is 11.6 Å². The Morgan fingerprint density at radius 1 is 0.875 bits per heavy atom. The highest BCUT2D eigenvalue weighted by atomic mass is 16.5. The maximum absolute atomic E-state index is 5.64. The van der Waals surface area contributed by atoms with Gasteiger partial charge in [0.2, 0.25) is 5.95 Å². The molecule has 0 spiro atoms. The molecular formula is C30H38N8O2. The Morgan fingerprint density at radius 2 is 1.62 bits per heavy atom. The molecule has 2 aliphatic heterocycles. The molecule has 2 fully saturated rings. The fourth-order valence-corrected chi connectivity index (χ4v) is 5.89. The van der Waals surface area contributed by atoms with Gasteiger partial charge < -0.3 is 29.1 Å². The van der Waals surface area contributed by atoms with E-state index in [4.69, 9.17) is 29.4 Å². The molecule has 210 valence electrons. The molecule has 2 aliphatic rings. The zero-order valence-electron chi connectivity index (χ0n) is 23.9. The highest BCUT2D eigenvalue weighted by molar-refractivity contribution is 5.95. The minimum atomic E-state index is 0.583. The molecule has 0 saturated carbocycles. The van der Waals surface area contributed by atoms with E-state index in [1.54, 1.807) is 13.4 Å². The second kappa shape index (κ2) is 11.4. The fraction of sp³-hybridized carbons (Fsp3) is 0.467. The molecule has 0 bridgehead atoms. The lowest BCUT2D eigenvalue weighted by atomic mass is 10.0. The van der Waals surface area contributed by atoms with E-state index in [1.165, 1.54) is 10.9 Å². The summed E-state index contributed by atoms with van der Waals surface area (Å²) in [6, 6.07) is 13.1. The summed E-state index contributed by atoms with van der Waals surface area (Å²) in [4.78, 5) is 28.8. The number of morpholine rings is 1. The van der Waals surface area contributed by atoms with Gasteiger partial charge in [-0.25, -0.2) is 15.0 Å². The van der Waals surface area contributed by atoms with Crippen LogP contribution in [-0.2, 0) is 11.3 Å². The van der Waals surface area contributed by atoms with E-state index in [0.29, 0.717) is 25.8 Å². The maximum atomic E-state index is 5.64. The molecule has 10 heteroatoms. The Balaban J connectivity index is 1.40. The lowest BCUT2D eigenvalue weighted by Crippen LogP contribution is -2.43. The molecule has 0 radical (unpaired) electrons. The number of aromatic nitrogens is 4. The predicted octanol–water partition coefficient (Wildman–Crippen LogP) is 3.59. The van der Waals surface area contributed by atoms with E-state index in [9.17, 15) is 0 Å². The van der Waals surface area contributed by atoms with Gasteiger partial charge in [0.25, 0.3) is 0 Å². The quantitative estimate of drug-likeness (QED) is 0.346. The monoisotopic (exact) mass is 542 g/mol. The van der Waals surface area contributed by atoms with Crippen LogP contribution in [0, 0.1) is 0 Å². The smallest absolute Gasteiger partial charge is 0.228 e. The normalized spacial score (nSPS) is 16.7. The van der Waals surface area contributed by atoms with Gasteiger partial charge in [0.05, 0.1) is 20.3 Å². The standard InChI is InChI=1S/C30H38N8O2/c1-35(2)22-11-13-38(14-12-22)30-33-27-26(29(34-30)37-15-17-40-18-16-37)31-20-32-28(27)36(3)19-21-9-10-25(39-4)24-8-6-5-7-23(21)24/h5-10,20,22H,11-19H2,1-4H3. The van der Waals surface area contributed by atoms with Gasteiger partial charge in [-0.2, -0.15) is 4.98 Å². The third-order valence-corrected chi connectivity index (χ3v) is 8.18. The molecule has 0 aliphatic carbocycles. The maximum Gasteiger partial charge on any atom is 0.228 e. The molecule has 2 aromatic carbocycles. The van der Waals surface area contributed by atoms with Crippen molar-refractivity contribution in [2.24, 2.45) is 0 Å². The van der Waals surface area contributed by atoms with Crippen molar-refractivity contribution in [2.45, 2.75) is 25.4 Å². The van der Waals surface area contributed by atoms with Crippen LogP contribution in [0.15, 0.2) is 42.7 Å². The summed E-state index contributed by atoms with van der Waals surface area (Å²) in [5.74, 6) is 3.29. The summed E-state index contributed by atoms with van der Waals surface area (Å²) in [5.41, 5.74) is 2.76. The zero-order chi connectivity index (χ0) is 27.6. The summed E-state index contributed by atoms with van der Waals surface area (Å²) in [6.07, 6.45) is 3.81. The molecule has 0 N–H and O–H groups in total. The van der Waals surface area contributed by atoms with Crippen LogP contribution in [0.3, 0.4) is 0 Å². The largest absolute Gasteiger partial charge is 0.496 e. The van der Waals surface area contributed by atoms with Crippen molar-refractivity contribution >= 4 is 39.4 Å². The summed E-state index contributed by atoms with van der Waals surface area (Å²) in [6.45, 7) is 5.43. The number of nitrogens with zero attached hydrogens (tertiary/aromatic N) is 8. The third-order valence-electron chi connectivity index (χ3n) is 8.18. The second-order valence-electron chi connectivity index (χ2n) is 10.9. The average Bonchev–Trinajstić information content (AvgIpc) is 3.00. The molecule has 4 aromatic rings. The summed E-state index contributed by atoms with van der Waals surface area (Å²) in [5, 5.41) is 2.27. The van der Waals surface area contributed by atoms with Crippen molar-refractivity contribution in [1.29, 1.82) is 0 Å². The van der Waals surface area contributed by atoms with E-state index in [2.05, 4.69) is 65.0 Å². The molecule has 2 saturated heterocycles. The first-order valence-electron chi connectivity index (χ1n) is 14.1. The Bertz CT molecular complexity index is 1480. The van der Waals surface area contributed by atoms with Crippen molar-refractivity contribution in [1.82, 2.24) is 24.8 Å². The van der Waals surface area contributed by atoms with Crippen molar-refractivity contribution in [3.05, 3.63) is 48.3 Å². The van der Waals surface area contributed by atoms with Gasteiger partial charge in [-0.05, 0) is 44.0 Å². The zero-order valence-corrected chi connectivity index (χ0v) is 23.9. The van der Waals surface area contributed by atoms with Crippen molar-refractivity contribution in [2.75, 3.05) is 82.3 Å². The van der Waals surface area contributed by atoms with Gasteiger partial charge in [-0.1, -0.05) is 30.3 Å². The first-order valence-corrected chi connectivity index (χ1v) is 14.1. The molecular weight excluding hydrogens is 504 g/mol. The number of hydrogen-bond donors (Lipinski definition) is 0. The second-order valence-corrected chi connectivity index (χ2v) is 10.9. The number of benzene rings is 2. The molecule has 6 rings (SSSR count). The Labute approximate surface area is 235 Å². The molecule has 0 unspecified atom stereocenters. The van der Waals surface area contributed by atoms with E-state index in [1.807, 2.05) is 12.1 Å². The van der Waals surface area contributed by atoms with Crippen molar-refractivity contribution in [3.63, 3.8) is 0 Å². The number of piperidine rings is 1. The third kappa shape index (κ3) is 5.09. The van der Waals surface area contributed by atoms with Crippen molar-refractivity contribution < 1.29 is 9.47 Å². The van der Waals surface area contributed by atoms with Gasteiger partial charge >= 0.3 is 0 Å². The minimum absolute atomic E-state index is 0.583. The lowest BCUT2D eigenvalue weighted by molar-refractivity contribution is 0.122. The predicted molar refractivity (Wildman–Crippen MR) is 160 cm³/mol. The number of hydrogen-bond acceptors (Lipinski definition) is 10. The average molecular weight is 543 g/mol. The molecule has 0 atom stereocenters. The molecule has 0 amide bonds. The minimum Gasteiger partial charge on any atom is -0.496 e. The van der Waals surface area contributed by atoms with E-state index in [-0.39, 0.29) is 0 Å². The molecule has 4 heterocycles. The van der Waals surface area contributed by atoms with Crippen molar-refractivity contribution in [3.8, 4) is 5.75 Å². The number of ether oxygens (including phenoxy) is 2. The highest BCUT2D eigenvalue weighted by Gasteiger charge is 2.27. The molecule has 2 aromatic heterocycles. The Kier molecular flexibility index (Phi) is 7.53. The Morgan fingerprint density at radius 3 is 2.35 bits per heavy atom. The molecule has 10 nitrogen and oxygen atoms in total. The van der Waals surface area contributed by atoms with Crippen LogP contribution < -0.4 is 19.4 Å². The van der Waals surface area contributed by atoms with Crippen LogP contribution in [-0.4, -0.2) is 98.5 Å². The SMILES string of the molecule is COc1ccc(CN(C)c2ncnc3c(N4CCOCC4)nc(N4CCC(N(C)C)CC4)nc23)c2ccccc12. The van der Waals surface area contributed by atoms with Gasteiger partial charge in [-0.3, -0.25) is 0 Å². The van der Waals surface area contributed by atoms with E-state index >= 15 is 0 Å². The van der Waals surface area contributed by atoms with Crippen LogP contribution in [0.2, 0.25) is 0 Å². The first-order chi connectivity index (χ1) is 19.5. The topological polar surface area (TPSA) is 83.0 Å². The number of fused-ring (bicyclic) bond motifs is 2. The highest BCUT2D eigenvalue weighted by Crippen LogP contribution is 2.33. The summed E-state index contributed by atoms with van der Waals surface area (Å²) < 4.78 is 11.3. The summed E-state index contributed by atoms with van der Waals surface area (Å²) in [7, 11) is 8.11. The van der Waals surface area contributed by atoms with Crippen LogP contribution in [0.1, 0.15) is 18.4 Å². The number of methoxy groups -OCH3 is 1. The van der Waals surface area contributed by atoms with E-state index < -0.39 is 0 Å². The van der Waals surface area contributed by atoms with Crippen LogP contribution >= 0.6 is 0 Å².